The van der Waals surface area contributed by atoms with Gasteiger partial charge in [-0.25, -0.2) is 4.79 Å². The van der Waals surface area contributed by atoms with Crippen molar-refractivity contribution in [3.05, 3.63) is 65.7 Å². The molecule has 0 heterocycles. The minimum atomic E-state index is -0.318. The van der Waals surface area contributed by atoms with Crippen LogP contribution in [0.1, 0.15) is 30.0 Å². The Morgan fingerprint density at radius 3 is 2.43 bits per heavy atom. The average molecular weight is 309 g/mol. The summed E-state index contributed by atoms with van der Waals surface area (Å²) in [6.07, 6.45) is 1.26. The zero-order valence-electron chi connectivity index (χ0n) is 12.7. The van der Waals surface area contributed by atoms with Crippen molar-refractivity contribution in [3.8, 4) is 6.07 Å². The number of anilines is 1. The molecule has 118 valence electrons. The number of amides is 2. The highest BCUT2D eigenvalue weighted by atomic mass is 16.3. The van der Waals surface area contributed by atoms with Crippen LogP contribution in [0.3, 0.4) is 0 Å². The molecule has 2 amide bonds. The molecular formula is C18H19N3O2. The zero-order valence-corrected chi connectivity index (χ0v) is 12.7. The Morgan fingerprint density at radius 1 is 1.13 bits per heavy atom. The number of nitrogens with one attached hydrogen (secondary N) is 2. The lowest BCUT2D eigenvalue weighted by Gasteiger charge is -2.19. The van der Waals surface area contributed by atoms with E-state index >= 15 is 0 Å². The van der Waals surface area contributed by atoms with Crippen LogP contribution in [0, 0.1) is 11.3 Å². The third kappa shape index (κ3) is 5.13. The van der Waals surface area contributed by atoms with Crippen LogP contribution in [-0.4, -0.2) is 17.7 Å². The number of benzene rings is 2. The summed E-state index contributed by atoms with van der Waals surface area (Å²) in [5, 5.41) is 23.5. The van der Waals surface area contributed by atoms with E-state index in [1.54, 1.807) is 24.3 Å². The van der Waals surface area contributed by atoms with Crippen molar-refractivity contribution in [1.29, 1.82) is 5.26 Å². The number of hydrogen-bond acceptors (Lipinski definition) is 3. The zero-order chi connectivity index (χ0) is 16.5. The fourth-order valence-electron chi connectivity index (χ4n) is 2.26. The molecule has 23 heavy (non-hydrogen) atoms. The number of nitrogens with zero attached hydrogens (tertiary/aromatic N) is 1. The molecule has 2 aromatic carbocycles. The van der Waals surface area contributed by atoms with Gasteiger partial charge in [0, 0.05) is 12.3 Å². The first-order chi connectivity index (χ1) is 11.2. The molecule has 0 radical (unpaired) electrons. The standard InChI is InChI=1S/C18H19N3O2/c19-13-14-8-10-16(11-9-14)20-18(23)21-17(7-4-12-22)15-5-2-1-3-6-15/h1-3,5-6,8-11,17,22H,4,7,12H2,(H2,20,21,23). The molecule has 1 atom stereocenters. The SMILES string of the molecule is N#Cc1ccc(NC(=O)NC(CCCO)c2ccccc2)cc1. The molecule has 0 fully saturated rings. The van der Waals surface area contributed by atoms with Crippen molar-refractivity contribution in [3.63, 3.8) is 0 Å². The van der Waals surface area contributed by atoms with Crippen molar-refractivity contribution in [2.75, 3.05) is 11.9 Å². The van der Waals surface area contributed by atoms with Crippen molar-refractivity contribution >= 4 is 11.7 Å². The second kappa shape index (κ2) is 8.57. The fraction of sp³-hybridized carbons (Fsp3) is 0.222. The first-order valence-corrected chi connectivity index (χ1v) is 7.46. The van der Waals surface area contributed by atoms with Gasteiger partial charge in [0.2, 0.25) is 0 Å². The summed E-state index contributed by atoms with van der Waals surface area (Å²) in [7, 11) is 0. The van der Waals surface area contributed by atoms with Crippen LogP contribution in [0.2, 0.25) is 0 Å². The smallest absolute Gasteiger partial charge is 0.319 e. The Bertz CT molecular complexity index is 663. The summed E-state index contributed by atoms with van der Waals surface area (Å²) in [6, 6.07) is 17.9. The third-order valence-electron chi connectivity index (χ3n) is 3.43. The van der Waals surface area contributed by atoms with Crippen LogP contribution >= 0.6 is 0 Å². The van der Waals surface area contributed by atoms with Crippen molar-refractivity contribution in [2.24, 2.45) is 0 Å². The summed E-state index contributed by atoms with van der Waals surface area (Å²) in [4.78, 5) is 12.2. The number of hydrogen-bond donors (Lipinski definition) is 3. The van der Waals surface area contributed by atoms with Crippen LogP contribution in [0.15, 0.2) is 54.6 Å². The highest BCUT2D eigenvalue weighted by Crippen LogP contribution is 2.18. The van der Waals surface area contributed by atoms with E-state index in [1.807, 2.05) is 36.4 Å². The molecule has 3 N–H and O–H groups in total. The van der Waals surface area contributed by atoms with Crippen LogP contribution in [0.4, 0.5) is 10.5 Å². The number of urea groups is 1. The highest BCUT2D eigenvalue weighted by Gasteiger charge is 2.14. The molecule has 5 nitrogen and oxygen atoms in total. The monoisotopic (exact) mass is 309 g/mol. The van der Waals surface area contributed by atoms with Gasteiger partial charge < -0.3 is 15.7 Å². The fourth-order valence-corrected chi connectivity index (χ4v) is 2.26. The van der Waals surface area contributed by atoms with Crippen LogP contribution in [0.5, 0.6) is 0 Å². The maximum atomic E-state index is 12.2. The lowest BCUT2D eigenvalue weighted by molar-refractivity contribution is 0.244. The van der Waals surface area contributed by atoms with E-state index in [0.29, 0.717) is 24.1 Å². The summed E-state index contributed by atoms with van der Waals surface area (Å²) >= 11 is 0. The number of carbonyl (C=O) groups excluding carboxylic acids is 1. The first-order valence-electron chi connectivity index (χ1n) is 7.46. The van der Waals surface area contributed by atoms with Crippen molar-refractivity contribution in [1.82, 2.24) is 5.32 Å². The molecule has 0 saturated heterocycles. The average Bonchev–Trinajstić information content (AvgIpc) is 2.60. The second-order valence-electron chi connectivity index (χ2n) is 5.12. The van der Waals surface area contributed by atoms with Gasteiger partial charge in [-0.15, -0.1) is 0 Å². The van der Waals surface area contributed by atoms with Gasteiger partial charge in [0.05, 0.1) is 17.7 Å². The van der Waals surface area contributed by atoms with E-state index in [4.69, 9.17) is 10.4 Å². The van der Waals surface area contributed by atoms with Crippen molar-refractivity contribution < 1.29 is 9.90 Å². The first kappa shape index (κ1) is 16.5. The molecule has 0 aliphatic heterocycles. The summed E-state index contributed by atoms with van der Waals surface area (Å²) < 4.78 is 0. The van der Waals surface area contributed by atoms with E-state index in [0.717, 1.165) is 5.56 Å². The minimum Gasteiger partial charge on any atom is -0.396 e. The van der Waals surface area contributed by atoms with Gasteiger partial charge in [0.25, 0.3) is 0 Å². The van der Waals surface area contributed by atoms with E-state index in [2.05, 4.69) is 10.6 Å². The number of rotatable bonds is 6. The maximum Gasteiger partial charge on any atom is 0.319 e. The van der Waals surface area contributed by atoms with Crippen LogP contribution < -0.4 is 10.6 Å². The van der Waals surface area contributed by atoms with Gasteiger partial charge in [0.1, 0.15) is 0 Å². The lowest BCUT2D eigenvalue weighted by atomic mass is 10.0. The lowest BCUT2D eigenvalue weighted by Crippen LogP contribution is -2.32. The normalized spacial score (nSPS) is 11.3. The van der Waals surface area contributed by atoms with Gasteiger partial charge in [-0.2, -0.15) is 5.26 Å². The Morgan fingerprint density at radius 2 is 1.83 bits per heavy atom. The van der Waals surface area contributed by atoms with Gasteiger partial charge >= 0.3 is 6.03 Å². The second-order valence-corrected chi connectivity index (χ2v) is 5.12. The van der Waals surface area contributed by atoms with E-state index in [9.17, 15) is 4.79 Å². The Labute approximate surface area is 135 Å². The maximum absolute atomic E-state index is 12.2. The van der Waals surface area contributed by atoms with Crippen LogP contribution in [0.25, 0.3) is 0 Å². The molecule has 0 aliphatic carbocycles. The molecule has 0 spiro atoms. The molecule has 0 saturated carbocycles. The van der Waals surface area contributed by atoms with Gasteiger partial charge in [-0.3, -0.25) is 0 Å². The molecule has 0 aliphatic rings. The predicted octanol–water partition coefficient (Wildman–Crippen LogP) is 3.19. The summed E-state index contributed by atoms with van der Waals surface area (Å²) in [5.41, 5.74) is 2.16. The quantitative estimate of drug-likeness (QED) is 0.766. The van der Waals surface area contributed by atoms with E-state index in [-0.39, 0.29) is 18.7 Å². The predicted molar refractivity (Wildman–Crippen MR) is 88.8 cm³/mol. The molecule has 5 heteroatoms. The summed E-state index contributed by atoms with van der Waals surface area (Å²) in [5.74, 6) is 0. The molecule has 2 aromatic rings. The van der Waals surface area contributed by atoms with Gasteiger partial charge in [0.15, 0.2) is 0 Å². The minimum absolute atomic E-state index is 0.0856. The Kier molecular flexibility index (Phi) is 6.16. The molecule has 0 aromatic heterocycles. The molecule has 1 unspecified atom stereocenters. The largest absolute Gasteiger partial charge is 0.396 e. The number of nitriles is 1. The number of carbonyl (C=O) groups is 1. The Balaban J connectivity index is 2.00. The van der Waals surface area contributed by atoms with Crippen LogP contribution in [-0.2, 0) is 0 Å². The van der Waals surface area contributed by atoms with E-state index in [1.165, 1.54) is 0 Å². The van der Waals surface area contributed by atoms with Crippen molar-refractivity contribution in [2.45, 2.75) is 18.9 Å². The molecule has 2 rings (SSSR count). The summed E-state index contributed by atoms with van der Waals surface area (Å²) in [6.45, 7) is 0.0856. The topological polar surface area (TPSA) is 85.2 Å². The van der Waals surface area contributed by atoms with Gasteiger partial charge in [-0.1, -0.05) is 30.3 Å². The Hall–Kier alpha value is -2.84. The van der Waals surface area contributed by atoms with E-state index < -0.39 is 0 Å². The number of aliphatic hydroxyl groups is 1. The molecule has 0 bridgehead atoms. The molecular weight excluding hydrogens is 290 g/mol. The van der Waals surface area contributed by atoms with Gasteiger partial charge in [-0.05, 0) is 42.7 Å². The highest BCUT2D eigenvalue weighted by molar-refractivity contribution is 5.89. The third-order valence-corrected chi connectivity index (χ3v) is 3.43. The number of aliphatic hydroxyl groups excluding tert-OH is 1.